The maximum atomic E-state index is 5.32. The van der Waals surface area contributed by atoms with Crippen molar-refractivity contribution in [1.82, 2.24) is 0 Å². The van der Waals surface area contributed by atoms with Gasteiger partial charge in [-0.05, 0) is 31.6 Å². The third kappa shape index (κ3) is 5.68. The SMILES string of the molecule is CC(C)(C)[N-]C([C]1[CH][CH][CH][CH]1)(c1ccccc1)c1ccccc1.[Cl][Zr+2][Cl]. The van der Waals surface area contributed by atoms with Crippen LogP contribution in [-0.4, -0.2) is 5.54 Å². The second kappa shape index (κ2) is 10.4. The van der Waals surface area contributed by atoms with Crippen LogP contribution < -0.4 is 0 Å². The third-order valence-electron chi connectivity index (χ3n) is 3.97. The van der Waals surface area contributed by atoms with Crippen molar-refractivity contribution in [2.24, 2.45) is 0 Å². The van der Waals surface area contributed by atoms with E-state index in [4.69, 9.17) is 22.3 Å². The van der Waals surface area contributed by atoms with Gasteiger partial charge in [0.1, 0.15) is 0 Å². The minimum absolute atomic E-state index is 0.164. The molecule has 0 aliphatic heterocycles. The molecule has 0 bridgehead atoms. The van der Waals surface area contributed by atoms with Crippen LogP contribution in [0.25, 0.3) is 5.32 Å². The molecule has 0 atom stereocenters. The van der Waals surface area contributed by atoms with Gasteiger partial charge in [0.05, 0.1) is 0 Å². The van der Waals surface area contributed by atoms with E-state index in [1.807, 2.05) is 0 Å². The Balaban J connectivity index is 0.000000758. The molecule has 0 aromatic heterocycles. The molecule has 2 aromatic carbocycles. The van der Waals surface area contributed by atoms with Crippen molar-refractivity contribution in [2.75, 3.05) is 0 Å². The summed E-state index contributed by atoms with van der Waals surface area (Å²) >= 11 is -0.826. The van der Waals surface area contributed by atoms with Gasteiger partial charge in [-0.2, -0.15) is 0 Å². The zero-order valence-electron chi connectivity index (χ0n) is 15.3. The molecule has 0 heterocycles. The Hall–Kier alpha value is -0.137. The van der Waals surface area contributed by atoms with E-state index in [9.17, 15) is 0 Å². The maximum absolute atomic E-state index is 5.32. The Morgan fingerprint density at radius 2 is 1.12 bits per heavy atom. The molecule has 133 valence electrons. The van der Waals surface area contributed by atoms with Crippen molar-refractivity contribution >= 4 is 17.0 Å². The average Bonchev–Trinajstić information content (AvgIpc) is 3.16. The van der Waals surface area contributed by atoms with E-state index in [1.165, 1.54) is 17.0 Å². The van der Waals surface area contributed by atoms with Crippen molar-refractivity contribution in [3.8, 4) is 0 Å². The summed E-state index contributed by atoms with van der Waals surface area (Å²) in [6, 6.07) is 21.2. The predicted molar refractivity (Wildman–Crippen MR) is 109 cm³/mol. The summed E-state index contributed by atoms with van der Waals surface area (Å²) in [7, 11) is 9.87. The van der Waals surface area contributed by atoms with Gasteiger partial charge in [0, 0.05) is 0 Å². The van der Waals surface area contributed by atoms with Crippen LogP contribution in [0.15, 0.2) is 60.7 Å². The summed E-state index contributed by atoms with van der Waals surface area (Å²) in [4.78, 5) is 0. The van der Waals surface area contributed by atoms with Gasteiger partial charge in [0.2, 0.25) is 0 Å². The van der Waals surface area contributed by atoms with E-state index < -0.39 is 26.4 Å². The Kier molecular flexibility index (Phi) is 8.88. The first-order valence-corrected chi connectivity index (χ1v) is 14.8. The van der Waals surface area contributed by atoms with Gasteiger partial charge >= 0.3 is 37.9 Å². The Bertz CT molecular complexity index is 595. The molecule has 0 N–H and O–H groups in total. The fourth-order valence-electron chi connectivity index (χ4n) is 3.17. The van der Waals surface area contributed by atoms with E-state index in [0.717, 1.165) is 0 Å². The summed E-state index contributed by atoms with van der Waals surface area (Å²) in [6.07, 6.45) is 8.53. The number of nitrogens with zero attached hydrogens (tertiary/aromatic N) is 1. The molecule has 0 amide bonds. The molecule has 0 unspecified atom stereocenters. The topological polar surface area (TPSA) is 14.1 Å². The van der Waals surface area contributed by atoms with Gasteiger partial charge in [-0.25, -0.2) is 0 Å². The quantitative estimate of drug-likeness (QED) is 0.469. The number of hydrogen-bond donors (Lipinski definition) is 0. The second-order valence-corrected chi connectivity index (χ2v) is 10.7. The first-order chi connectivity index (χ1) is 12.4. The summed E-state index contributed by atoms with van der Waals surface area (Å²) in [5, 5.41) is 5.32. The van der Waals surface area contributed by atoms with Gasteiger partial charge < -0.3 is 5.32 Å². The first-order valence-electron chi connectivity index (χ1n) is 8.47. The summed E-state index contributed by atoms with van der Waals surface area (Å²) in [6.45, 7) is 6.49. The van der Waals surface area contributed by atoms with Crippen molar-refractivity contribution < 1.29 is 20.8 Å². The van der Waals surface area contributed by atoms with E-state index >= 15 is 0 Å². The van der Waals surface area contributed by atoms with Crippen LogP contribution in [-0.2, 0) is 26.4 Å². The fourth-order valence-corrected chi connectivity index (χ4v) is 3.17. The van der Waals surface area contributed by atoms with Crippen LogP contribution in [0.3, 0.4) is 0 Å². The predicted octanol–water partition coefficient (Wildman–Crippen LogP) is 6.88. The molecule has 2 aromatic rings. The molecule has 4 heteroatoms. The summed E-state index contributed by atoms with van der Waals surface area (Å²) < 4.78 is 0. The molecule has 1 nitrogen and oxygen atoms in total. The molecule has 5 radical (unpaired) electrons. The summed E-state index contributed by atoms with van der Waals surface area (Å²) in [5.74, 6) is 1.21. The standard InChI is InChI=1S/C22H23N.2ClH.Zr/c1-21(2,3)23-22(20-16-10-11-17-20,18-12-6-4-7-13-18)19-14-8-5-9-15-19;;;/h4-17H,1-3H3;2*1H;/q-1;;;+4/p-2. The number of rotatable bonds is 4. The van der Waals surface area contributed by atoms with Gasteiger partial charge in [0.25, 0.3) is 0 Å². The average molecular weight is 464 g/mol. The van der Waals surface area contributed by atoms with Crippen molar-refractivity contribution in [3.05, 3.63) is 109 Å². The minimum atomic E-state index is -0.826. The number of hydrogen-bond acceptors (Lipinski definition) is 0. The molecule has 26 heavy (non-hydrogen) atoms. The summed E-state index contributed by atoms with van der Waals surface area (Å²) in [5.41, 5.74) is 1.76. The van der Waals surface area contributed by atoms with Crippen LogP contribution in [0.4, 0.5) is 0 Å². The zero-order valence-corrected chi connectivity index (χ0v) is 19.3. The van der Waals surface area contributed by atoms with Gasteiger partial charge in [-0.1, -0.05) is 98.1 Å². The van der Waals surface area contributed by atoms with Crippen LogP contribution in [0.5, 0.6) is 0 Å². The van der Waals surface area contributed by atoms with Crippen molar-refractivity contribution in [3.63, 3.8) is 0 Å². The zero-order chi connectivity index (χ0) is 19.0. The van der Waals surface area contributed by atoms with Gasteiger partial charge in [0.15, 0.2) is 0 Å². The van der Waals surface area contributed by atoms with Crippen LogP contribution >= 0.6 is 17.0 Å². The van der Waals surface area contributed by atoms with E-state index in [1.54, 1.807) is 0 Å². The number of benzene rings is 2. The third-order valence-corrected chi connectivity index (χ3v) is 3.97. The van der Waals surface area contributed by atoms with Crippen molar-refractivity contribution in [2.45, 2.75) is 31.8 Å². The normalized spacial score (nSPS) is 15.1. The molecule has 1 aliphatic rings. The van der Waals surface area contributed by atoms with E-state index in [-0.39, 0.29) is 5.54 Å². The molecule has 1 fully saturated rings. The van der Waals surface area contributed by atoms with E-state index in [0.29, 0.717) is 0 Å². The molecule has 0 spiro atoms. The molecule has 0 saturated heterocycles. The fraction of sp³-hybridized carbons (Fsp3) is 0.227. The molecule has 1 saturated carbocycles. The first kappa shape index (κ1) is 22.2. The molecular weight excluding hydrogens is 440 g/mol. The van der Waals surface area contributed by atoms with Gasteiger partial charge in [-0.15, -0.1) is 5.54 Å². The molecule has 3 rings (SSSR count). The van der Waals surface area contributed by atoms with E-state index in [2.05, 4.69) is 107 Å². The van der Waals surface area contributed by atoms with Gasteiger partial charge in [-0.3, -0.25) is 0 Å². The second-order valence-electron chi connectivity index (χ2n) is 6.97. The van der Waals surface area contributed by atoms with Crippen LogP contribution in [0.2, 0.25) is 0 Å². The van der Waals surface area contributed by atoms with Crippen LogP contribution in [0.1, 0.15) is 31.9 Å². The Morgan fingerprint density at radius 1 is 0.731 bits per heavy atom. The number of halogens is 2. The Morgan fingerprint density at radius 3 is 1.46 bits per heavy atom. The monoisotopic (exact) mass is 461 g/mol. The Labute approximate surface area is 177 Å². The molecular formula is C22H23Cl2NZr+. The van der Waals surface area contributed by atoms with Crippen LogP contribution in [0, 0.1) is 31.6 Å². The van der Waals surface area contributed by atoms with Crippen molar-refractivity contribution in [1.29, 1.82) is 0 Å². The molecule has 1 aliphatic carbocycles.